The Morgan fingerprint density at radius 1 is 0.978 bits per heavy atom. The number of esters is 1. The lowest BCUT2D eigenvalue weighted by Crippen LogP contribution is -2.62. The van der Waals surface area contributed by atoms with Crippen molar-refractivity contribution in [2.24, 2.45) is 11.3 Å². The molecule has 0 bridgehead atoms. The maximum atomic E-state index is 13.7. The van der Waals surface area contributed by atoms with E-state index in [-0.39, 0.29) is 36.8 Å². The third-order valence-electron chi connectivity index (χ3n) is 7.78. The quantitative estimate of drug-likeness (QED) is 0.0702. The molecule has 11 nitrogen and oxygen atoms in total. The topological polar surface area (TPSA) is 178 Å². The van der Waals surface area contributed by atoms with Crippen molar-refractivity contribution in [1.82, 2.24) is 16.0 Å². The number of hydrogen-bond donors (Lipinski definition) is 6. The predicted molar refractivity (Wildman–Crippen MR) is 181 cm³/mol. The molecule has 1 rings (SSSR count). The first-order chi connectivity index (χ1) is 21.6. The zero-order valence-electron chi connectivity index (χ0n) is 28.3. The highest BCUT2D eigenvalue weighted by atomic mass is 35.5. The minimum Gasteiger partial charge on any atom is -0.467 e. The van der Waals surface area contributed by atoms with Gasteiger partial charge >= 0.3 is 5.97 Å². The highest BCUT2D eigenvalue weighted by Gasteiger charge is 2.37. The van der Waals surface area contributed by atoms with Crippen LogP contribution in [0.25, 0.3) is 0 Å². The van der Waals surface area contributed by atoms with E-state index in [1.54, 1.807) is 45.0 Å². The summed E-state index contributed by atoms with van der Waals surface area (Å²) >= 11 is 6.05. The first-order valence-electron chi connectivity index (χ1n) is 16.1. The molecule has 0 fully saturated rings. The van der Waals surface area contributed by atoms with E-state index in [4.69, 9.17) is 17.0 Å². The fourth-order valence-electron chi connectivity index (χ4n) is 5.01. The third-order valence-corrected chi connectivity index (χ3v) is 8.02. The highest BCUT2D eigenvalue weighted by Crippen LogP contribution is 2.22. The molecule has 0 aromatic heterocycles. The standard InChI is InChI=1S/C33H53BClN4O7/c1-8-11-14-20(10-3)17-26(41)38-28(33(4,5)6)30(43)39-29(31(44)37-24(13-9-2)27(42)32(45)46-7)34-25(40)19-23(36)21-15-12-16-22(35)18-21/h12,15-16,18,20,24-25,27-29,36,40,42H,8-11,13-14,17,19H2,1-7H3,(H,37,44)(H,38,41)(H,39,43). The van der Waals surface area contributed by atoms with Crippen molar-refractivity contribution in [3.05, 3.63) is 34.9 Å². The molecule has 1 aromatic rings. The number of hydrogen-bond acceptors (Lipinski definition) is 8. The summed E-state index contributed by atoms with van der Waals surface area (Å²) in [4.78, 5) is 52.5. The number of carbonyl (C=O) groups excluding carboxylic acids is 4. The Labute approximate surface area is 279 Å². The number of rotatable bonds is 20. The lowest BCUT2D eigenvalue weighted by Gasteiger charge is -2.33. The van der Waals surface area contributed by atoms with Gasteiger partial charge in [-0.1, -0.05) is 91.0 Å². The van der Waals surface area contributed by atoms with Gasteiger partial charge in [-0.2, -0.15) is 0 Å². The minimum atomic E-state index is -1.66. The summed E-state index contributed by atoms with van der Waals surface area (Å²) in [6, 6.07) is 3.15. The Bertz CT molecular complexity index is 1160. The van der Waals surface area contributed by atoms with Crippen LogP contribution in [0.5, 0.6) is 0 Å². The van der Waals surface area contributed by atoms with Crippen molar-refractivity contribution >= 4 is 48.3 Å². The van der Waals surface area contributed by atoms with E-state index < -0.39 is 53.3 Å². The van der Waals surface area contributed by atoms with E-state index in [2.05, 4.69) is 27.6 Å². The summed E-state index contributed by atoms with van der Waals surface area (Å²) in [5.74, 6) is -3.93. The molecule has 0 aliphatic carbocycles. The number of aliphatic hydroxyl groups excluding tert-OH is 2. The van der Waals surface area contributed by atoms with Crippen LogP contribution in [0, 0.1) is 16.7 Å². The van der Waals surface area contributed by atoms with Crippen LogP contribution in [0.1, 0.15) is 98.5 Å². The number of ether oxygens (including phenoxy) is 1. The molecule has 6 atom stereocenters. The number of benzene rings is 1. The van der Waals surface area contributed by atoms with E-state index in [1.807, 2.05) is 13.8 Å². The van der Waals surface area contributed by atoms with Crippen molar-refractivity contribution < 1.29 is 34.1 Å². The van der Waals surface area contributed by atoms with E-state index >= 15 is 0 Å². The Morgan fingerprint density at radius 3 is 2.20 bits per heavy atom. The first-order valence-corrected chi connectivity index (χ1v) is 16.5. The third kappa shape index (κ3) is 14.2. The number of nitrogens with one attached hydrogen (secondary N) is 4. The number of methoxy groups -OCH3 is 1. The lowest BCUT2D eigenvalue weighted by molar-refractivity contribution is -0.152. The average Bonchev–Trinajstić information content (AvgIpc) is 2.99. The van der Waals surface area contributed by atoms with Gasteiger partial charge < -0.3 is 36.3 Å². The highest BCUT2D eigenvalue weighted by molar-refractivity contribution is 6.46. The number of halogens is 1. The second-order valence-corrected chi connectivity index (χ2v) is 13.2. The van der Waals surface area contributed by atoms with Crippen LogP contribution in [0.2, 0.25) is 5.02 Å². The Balaban J connectivity index is 3.27. The van der Waals surface area contributed by atoms with Crippen LogP contribution in [-0.2, 0) is 23.9 Å². The zero-order valence-corrected chi connectivity index (χ0v) is 29.1. The molecule has 13 heteroatoms. The number of carbonyl (C=O) groups is 4. The second kappa shape index (κ2) is 20.3. The Kier molecular flexibility index (Phi) is 18.1. The molecular weight excluding hydrogens is 611 g/mol. The fourth-order valence-corrected chi connectivity index (χ4v) is 5.20. The van der Waals surface area contributed by atoms with E-state index in [0.29, 0.717) is 17.0 Å². The minimum absolute atomic E-state index is 0.0510. The predicted octanol–water partition coefficient (Wildman–Crippen LogP) is 3.52. The van der Waals surface area contributed by atoms with Gasteiger partial charge in [0.15, 0.2) is 13.4 Å². The fraction of sp³-hybridized carbons (Fsp3) is 0.667. The van der Waals surface area contributed by atoms with Crippen molar-refractivity contribution in [3.8, 4) is 0 Å². The maximum absolute atomic E-state index is 13.7. The van der Waals surface area contributed by atoms with Crippen molar-refractivity contribution in [2.45, 2.75) is 123 Å². The summed E-state index contributed by atoms with van der Waals surface area (Å²) in [7, 11) is 2.30. The van der Waals surface area contributed by atoms with Crippen LogP contribution < -0.4 is 16.0 Å². The van der Waals surface area contributed by atoms with Crippen molar-refractivity contribution in [2.75, 3.05) is 7.11 Å². The molecule has 6 N–H and O–H groups in total. The Morgan fingerprint density at radius 2 is 1.65 bits per heavy atom. The summed E-state index contributed by atoms with van der Waals surface area (Å²) in [5, 5.41) is 38.4. The first kappa shape index (κ1) is 41.1. The monoisotopic (exact) mass is 663 g/mol. The second-order valence-electron chi connectivity index (χ2n) is 12.8. The van der Waals surface area contributed by atoms with Gasteiger partial charge in [0.05, 0.1) is 19.1 Å². The molecular formula is C33H53BClN4O7. The molecule has 1 radical (unpaired) electrons. The molecule has 3 amide bonds. The van der Waals surface area contributed by atoms with E-state index in [0.717, 1.165) is 32.8 Å². The van der Waals surface area contributed by atoms with Crippen LogP contribution in [0.4, 0.5) is 0 Å². The van der Waals surface area contributed by atoms with Crippen LogP contribution in [0.3, 0.4) is 0 Å². The van der Waals surface area contributed by atoms with E-state index in [1.165, 1.54) is 7.28 Å². The molecule has 1 aromatic carbocycles. The lowest BCUT2D eigenvalue weighted by atomic mass is 9.61. The largest absolute Gasteiger partial charge is 0.467 e. The number of unbranched alkanes of at least 4 members (excludes halogenated alkanes) is 1. The molecule has 0 saturated heterocycles. The van der Waals surface area contributed by atoms with Gasteiger partial charge in [-0.05, 0) is 41.9 Å². The Hall–Kier alpha value is -2.96. The van der Waals surface area contributed by atoms with Gasteiger partial charge in [0.1, 0.15) is 6.04 Å². The van der Waals surface area contributed by atoms with Crippen LogP contribution in [0.15, 0.2) is 24.3 Å². The van der Waals surface area contributed by atoms with Crippen molar-refractivity contribution in [1.29, 1.82) is 5.41 Å². The molecule has 0 saturated carbocycles. The van der Waals surface area contributed by atoms with Crippen LogP contribution in [-0.4, -0.2) is 84.1 Å². The van der Waals surface area contributed by atoms with Gasteiger partial charge in [0.25, 0.3) is 0 Å². The smallest absolute Gasteiger partial charge is 0.336 e. The summed E-state index contributed by atoms with van der Waals surface area (Å²) in [6.07, 6.45) is 2.90. The summed E-state index contributed by atoms with van der Waals surface area (Å²) in [6.45, 7) is 11.3. The average molecular weight is 664 g/mol. The van der Waals surface area contributed by atoms with Gasteiger partial charge in [0.2, 0.25) is 17.7 Å². The molecule has 46 heavy (non-hydrogen) atoms. The molecule has 0 aliphatic rings. The van der Waals surface area contributed by atoms with Crippen molar-refractivity contribution in [3.63, 3.8) is 0 Å². The summed E-state index contributed by atoms with van der Waals surface area (Å²) in [5.41, 5.74) is -0.213. The zero-order chi connectivity index (χ0) is 35.0. The SMILES string of the molecule is CCCCC(CC)CC(=O)NC(C(=O)NC([B]C(O)CC(=N)c1cccc(Cl)c1)C(=O)NC(CCC)C(O)C(=O)OC)C(C)(C)C. The molecule has 0 spiro atoms. The number of amides is 3. The normalized spacial score (nSPS) is 15.3. The summed E-state index contributed by atoms with van der Waals surface area (Å²) < 4.78 is 4.64. The number of aliphatic hydroxyl groups is 2. The molecule has 257 valence electrons. The molecule has 0 heterocycles. The molecule has 6 unspecified atom stereocenters. The van der Waals surface area contributed by atoms with Crippen LogP contribution >= 0.6 is 11.6 Å². The molecule has 0 aliphatic heterocycles. The maximum Gasteiger partial charge on any atom is 0.336 e. The van der Waals surface area contributed by atoms with Gasteiger partial charge in [-0.15, -0.1) is 0 Å². The van der Waals surface area contributed by atoms with Gasteiger partial charge in [0, 0.05) is 29.6 Å². The van der Waals surface area contributed by atoms with Gasteiger partial charge in [-0.3, -0.25) is 14.4 Å². The van der Waals surface area contributed by atoms with Gasteiger partial charge in [-0.25, -0.2) is 4.79 Å². The van der Waals surface area contributed by atoms with E-state index in [9.17, 15) is 29.4 Å².